The van der Waals surface area contributed by atoms with Gasteiger partial charge in [-0.2, -0.15) is 0 Å². The van der Waals surface area contributed by atoms with Crippen LogP contribution in [0.15, 0.2) is 53.0 Å². The monoisotopic (exact) mass is 430 g/mol. The fourth-order valence-electron chi connectivity index (χ4n) is 2.91. The number of hydrogen-bond acceptors (Lipinski definition) is 6. The predicted octanol–water partition coefficient (Wildman–Crippen LogP) is 5.52. The van der Waals surface area contributed by atoms with Gasteiger partial charge < -0.3 is 18.9 Å². The smallest absolute Gasteiger partial charge is 0.298 e. The molecule has 0 aromatic heterocycles. The average Bonchev–Trinajstić information content (AvgIpc) is 2.73. The van der Waals surface area contributed by atoms with E-state index in [1.807, 2.05) is 39.0 Å². The van der Waals surface area contributed by atoms with Crippen LogP contribution >= 0.6 is 0 Å². The Morgan fingerprint density at radius 2 is 1.87 bits per heavy atom. The van der Waals surface area contributed by atoms with Crippen molar-refractivity contribution in [3.05, 3.63) is 58.6 Å². The van der Waals surface area contributed by atoms with Crippen molar-refractivity contribution in [1.29, 1.82) is 0 Å². The summed E-state index contributed by atoms with van der Waals surface area (Å²) in [7, 11) is 1.62. The number of hydrogen-bond donors (Lipinski definition) is 0. The molecule has 1 rings (SSSR count). The molecule has 0 atom stereocenters. The summed E-state index contributed by atoms with van der Waals surface area (Å²) in [6, 6.07) is 5.63. The number of carbonyl (C=O) groups excluding carboxylic acids is 2. The van der Waals surface area contributed by atoms with Crippen molar-refractivity contribution in [2.75, 3.05) is 13.7 Å². The third-order valence-corrected chi connectivity index (χ3v) is 4.32. The van der Waals surface area contributed by atoms with Gasteiger partial charge >= 0.3 is 0 Å². The Bertz CT molecular complexity index is 813. The molecule has 31 heavy (non-hydrogen) atoms. The molecule has 1 aromatic rings. The standard InChI is InChI=1S/C25H34O6/c1-7-8-23(30-17-27)25(21(13-19(4)5)15-29-16-26)31-22-12-11-20(10-9-18(2)3)24(14-22)28-6/h8,11-14,16-18H,7,9-10,15H2,1-6H3/b23-8+,25-21-. The van der Waals surface area contributed by atoms with Gasteiger partial charge in [0.1, 0.15) is 18.1 Å². The van der Waals surface area contributed by atoms with Gasteiger partial charge in [-0.25, -0.2) is 0 Å². The first-order valence-electron chi connectivity index (χ1n) is 10.4. The Morgan fingerprint density at radius 1 is 1.13 bits per heavy atom. The van der Waals surface area contributed by atoms with Gasteiger partial charge in [-0.3, -0.25) is 9.59 Å². The van der Waals surface area contributed by atoms with Crippen LogP contribution in [0.25, 0.3) is 0 Å². The van der Waals surface area contributed by atoms with E-state index < -0.39 is 0 Å². The molecule has 1 aromatic carbocycles. The van der Waals surface area contributed by atoms with Gasteiger partial charge in [0.15, 0.2) is 11.5 Å². The molecule has 6 nitrogen and oxygen atoms in total. The van der Waals surface area contributed by atoms with E-state index >= 15 is 0 Å². The number of benzene rings is 1. The molecule has 0 heterocycles. The minimum atomic E-state index is -0.0309. The number of methoxy groups -OCH3 is 1. The van der Waals surface area contributed by atoms with E-state index in [1.54, 1.807) is 19.3 Å². The Hall–Kier alpha value is -3.02. The van der Waals surface area contributed by atoms with Crippen LogP contribution in [0, 0.1) is 5.92 Å². The first kappa shape index (κ1) is 26.0. The van der Waals surface area contributed by atoms with Gasteiger partial charge in [0, 0.05) is 11.6 Å². The summed E-state index contributed by atoms with van der Waals surface area (Å²) < 4.78 is 21.9. The van der Waals surface area contributed by atoms with Gasteiger partial charge in [-0.05, 0) is 56.7 Å². The molecule has 0 fully saturated rings. The fourth-order valence-corrected chi connectivity index (χ4v) is 2.91. The van der Waals surface area contributed by atoms with Crippen LogP contribution in [0.3, 0.4) is 0 Å². The van der Waals surface area contributed by atoms with Crippen molar-refractivity contribution in [2.24, 2.45) is 5.92 Å². The molecule has 0 aliphatic carbocycles. The molecule has 0 aliphatic heterocycles. The lowest BCUT2D eigenvalue weighted by molar-refractivity contribution is -0.128. The molecular formula is C25H34O6. The highest BCUT2D eigenvalue weighted by Gasteiger charge is 2.17. The number of allylic oxidation sites excluding steroid dienone is 2. The molecule has 0 saturated carbocycles. The van der Waals surface area contributed by atoms with Crippen LogP contribution in [0.2, 0.25) is 0 Å². The van der Waals surface area contributed by atoms with Crippen LogP contribution < -0.4 is 9.47 Å². The van der Waals surface area contributed by atoms with Gasteiger partial charge in [-0.15, -0.1) is 0 Å². The normalized spacial score (nSPS) is 12.0. The van der Waals surface area contributed by atoms with Crippen LogP contribution in [-0.4, -0.2) is 26.7 Å². The van der Waals surface area contributed by atoms with Crippen LogP contribution in [-0.2, 0) is 25.5 Å². The lowest BCUT2D eigenvalue weighted by Gasteiger charge is -2.17. The number of rotatable bonds is 14. The zero-order valence-electron chi connectivity index (χ0n) is 19.4. The maximum atomic E-state index is 11.1. The first-order valence-corrected chi connectivity index (χ1v) is 10.4. The van der Waals surface area contributed by atoms with E-state index in [2.05, 4.69) is 13.8 Å². The quantitative estimate of drug-likeness (QED) is 0.220. The second kappa shape index (κ2) is 14.1. The molecule has 0 unspecified atom stereocenters. The number of carbonyl (C=O) groups is 2. The highest BCUT2D eigenvalue weighted by molar-refractivity contribution is 5.48. The summed E-state index contributed by atoms with van der Waals surface area (Å²) in [6.45, 7) is 10.8. The van der Waals surface area contributed by atoms with Gasteiger partial charge in [0.25, 0.3) is 12.9 Å². The number of aryl methyl sites for hydroxylation is 1. The lowest BCUT2D eigenvalue weighted by atomic mass is 10.0. The summed E-state index contributed by atoms with van der Waals surface area (Å²) in [6.07, 6.45) is 6.12. The molecule has 170 valence electrons. The van der Waals surface area contributed by atoms with Crippen molar-refractivity contribution in [1.82, 2.24) is 0 Å². The largest absolute Gasteiger partial charge is 0.496 e. The molecule has 0 N–H and O–H groups in total. The molecule has 0 spiro atoms. The Kier molecular flexibility index (Phi) is 11.8. The predicted molar refractivity (Wildman–Crippen MR) is 121 cm³/mol. The lowest BCUT2D eigenvalue weighted by Crippen LogP contribution is -2.10. The van der Waals surface area contributed by atoms with Crippen LogP contribution in [0.5, 0.6) is 11.5 Å². The van der Waals surface area contributed by atoms with E-state index in [0.717, 1.165) is 29.7 Å². The highest BCUT2D eigenvalue weighted by atomic mass is 16.6. The van der Waals surface area contributed by atoms with Gasteiger partial charge in [0.2, 0.25) is 0 Å². The fraction of sp³-hybridized carbons (Fsp3) is 0.440. The minimum Gasteiger partial charge on any atom is -0.496 e. The Morgan fingerprint density at radius 3 is 2.42 bits per heavy atom. The van der Waals surface area contributed by atoms with Crippen LogP contribution in [0.1, 0.15) is 53.0 Å². The summed E-state index contributed by atoms with van der Waals surface area (Å²) >= 11 is 0. The topological polar surface area (TPSA) is 71.1 Å². The van der Waals surface area contributed by atoms with Crippen molar-refractivity contribution < 1.29 is 28.5 Å². The molecule has 0 radical (unpaired) electrons. The maximum absolute atomic E-state index is 11.1. The van der Waals surface area contributed by atoms with E-state index in [-0.39, 0.29) is 12.4 Å². The molecule has 0 saturated heterocycles. The Balaban J connectivity index is 3.47. The highest BCUT2D eigenvalue weighted by Crippen LogP contribution is 2.30. The molecule has 6 heteroatoms. The van der Waals surface area contributed by atoms with Crippen molar-refractivity contribution in [3.63, 3.8) is 0 Å². The average molecular weight is 431 g/mol. The van der Waals surface area contributed by atoms with E-state index in [4.69, 9.17) is 18.9 Å². The molecule has 0 bridgehead atoms. The van der Waals surface area contributed by atoms with Crippen molar-refractivity contribution in [3.8, 4) is 11.5 Å². The first-order chi connectivity index (χ1) is 14.9. The van der Waals surface area contributed by atoms with Crippen LogP contribution in [0.4, 0.5) is 0 Å². The minimum absolute atomic E-state index is 0.0309. The molecular weight excluding hydrogens is 396 g/mol. The van der Waals surface area contributed by atoms with Gasteiger partial charge in [0.05, 0.1) is 7.11 Å². The second-order valence-electron chi connectivity index (χ2n) is 7.68. The van der Waals surface area contributed by atoms with Crippen molar-refractivity contribution >= 4 is 12.9 Å². The van der Waals surface area contributed by atoms with Gasteiger partial charge in [-0.1, -0.05) is 38.5 Å². The zero-order chi connectivity index (χ0) is 23.2. The summed E-state index contributed by atoms with van der Waals surface area (Å²) in [5.74, 6) is 2.38. The molecule has 0 aliphatic rings. The maximum Gasteiger partial charge on any atom is 0.298 e. The second-order valence-corrected chi connectivity index (χ2v) is 7.68. The van der Waals surface area contributed by atoms with E-state index in [0.29, 0.717) is 42.4 Å². The Labute approximate surface area is 185 Å². The number of ether oxygens (including phenoxy) is 4. The van der Waals surface area contributed by atoms with E-state index in [1.165, 1.54) is 0 Å². The molecule has 0 amide bonds. The van der Waals surface area contributed by atoms with Crippen molar-refractivity contribution in [2.45, 2.75) is 53.9 Å². The van der Waals surface area contributed by atoms with E-state index in [9.17, 15) is 9.59 Å². The SMILES string of the molecule is CC/C=C(OC=O)\C(Oc1ccc(CCC(C)C)c(OC)c1)=C(/C=C(C)C)COC=O. The summed E-state index contributed by atoms with van der Waals surface area (Å²) in [5.41, 5.74) is 2.63. The third kappa shape index (κ3) is 9.11. The zero-order valence-corrected chi connectivity index (χ0v) is 19.4. The third-order valence-electron chi connectivity index (χ3n) is 4.32. The summed E-state index contributed by atoms with van der Waals surface area (Å²) in [5, 5.41) is 0. The summed E-state index contributed by atoms with van der Waals surface area (Å²) in [4.78, 5) is 21.9.